The van der Waals surface area contributed by atoms with Gasteiger partial charge in [-0.15, -0.1) is 0 Å². The SMILES string of the molecule is c1ccc(-c2ccccc2C2CCCCC2)nc1. The monoisotopic (exact) mass is 237 g/mol. The molecule has 1 aromatic heterocycles. The maximum Gasteiger partial charge on any atom is 0.0704 e. The molecule has 2 aromatic rings. The average molecular weight is 237 g/mol. The molecule has 0 aliphatic heterocycles. The van der Waals surface area contributed by atoms with Crippen molar-refractivity contribution in [3.8, 4) is 11.3 Å². The van der Waals surface area contributed by atoms with Crippen molar-refractivity contribution in [1.29, 1.82) is 0 Å². The van der Waals surface area contributed by atoms with Gasteiger partial charge in [-0.3, -0.25) is 4.98 Å². The van der Waals surface area contributed by atoms with Crippen molar-refractivity contribution in [1.82, 2.24) is 4.98 Å². The average Bonchev–Trinajstić information content (AvgIpc) is 2.49. The van der Waals surface area contributed by atoms with Crippen molar-refractivity contribution in [2.24, 2.45) is 0 Å². The molecule has 1 heteroatoms. The maximum atomic E-state index is 4.50. The van der Waals surface area contributed by atoms with Gasteiger partial charge < -0.3 is 0 Å². The zero-order chi connectivity index (χ0) is 12.2. The summed E-state index contributed by atoms with van der Waals surface area (Å²) in [7, 11) is 0. The van der Waals surface area contributed by atoms with E-state index < -0.39 is 0 Å². The third-order valence-electron chi connectivity index (χ3n) is 3.95. The van der Waals surface area contributed by atoms with Crippen LogP contribution in [0.1, 0.15) is 43.6 Å². The van der Waals surface area contributed by atoms with Gasteiger partial charge in [0.25, 0.3) is 0 Å². The Kier molecular flexibility index (Phi) is 3.40. The highest BCUT2D eigenvalue weighted by Crippen LogP contribution is 2.37. The predicted octanol–water partition coefficient (Wildman–Crippen LogP) is 4.80. The Labute approximate surface area is 109 Å². The molecule has 1 heterocycles. The molecule has 0 radical (unpaired) electrons. The summed E-state index contributed by atoms with van der Waals surface area (Å²) in [6.45, 7) is 0. The molecule has 1 fully saturated rings. The lowest BCUT2D eigenvalue weighted by molar-refractivity contribution is 0.444. The number of hydrogen-bond donors (Lipinski definition) is 0. The third-order valence-corrected chi connectivity index (χ3v) is 3.95. The lowest BCUT2D eigenvalue weighted by Gasteiger charge is -2.24. The molecule has 0 bridgehead atoms. The van der Waals surface area contributed by atoms with Gasteiger partial charge >= 0.3 is 0 Å². The van der Waals surface area contributed by atoms with Gasteiger partial charge in [0, 0.05) is 11.8 Å². The van der Waals surface area contributed by atoms with Crippen LogP contribution >= 0.6 is 0 Å². The number of pyridine rings is 1. The quantitative estimate of drug-likeness (QED) is 0.731. The van der Waals surface area contributed by atoms with E-state index in [4.69, 9.17) is 0 Å². The van der Waals surface area contributed by atoms with Gasteiger partial charge in [-0.05, 0) is 36.5 Å². The molecule has 0 unspecified atom stereocenters. The molecule has 1 aromatic carbocycles. The molecule has 0 saturated heterocycles. The van der Waals surface area contributed by atoms with Gasteiger partial charge in [-0.2, -0.15) is 0 Å². The van der Waals surface area contributed by atoms with Crippen molar-refractivity contribution in [2.75, 3.05) is 0 Å². The first-order valence-corrected chi connectivity index (χ1v) is 6.95. The van der Waals surface area contributed by atoms with E-state index >= 15 is 0 Å². The largest absolute Gasteiger partial charge is 0.256 e. The number of hydrogen-bond acceptors (Lipinski definition) is 1. The maximum absolute atomic E-state index is 4.50. The summed E-state index contributed by atoms with van der Waals surface area (Å²) in [4.78, 5) is 4.50. The van der Waals surface area contributed by atoms with E-state index in [9.17, 15) is 0 Å². The van der Waals surface area contributed by atoms with Gasteiger partial charge in [0.05, 0.1) is 5.69 Å². The Morgan fingerprint density at radius 2 is 1.61 bits per heavy atom. The van der Waals surface area contributed by atoms with E-state index in [2.05, 4.69) is 41.4 Å². The molecule has 1 nitrogen and oxygen atoms in total. The number of benzene rings is 1. The van der Waals surface area contributed by atoms with Gasteiger partial charge in [-0.1, -0.05) is 49.6 Å². The van der Waals surface area contributed by atoms with Gasteiger partial charge in [0.2, 0.25) is 0 Å². The second-order valence-corrected chi connectivity index (χ2v) is 5.14. The fourth-order valence-electron chi connectivity index (χ4n) is 3.02. The Bertz CT molecular complexity index is 498. The summed E-state index contributed by atoms with van der Waals surface area (Å²) in [5.74, 6) is 0.733. The summed E-state index contributed by atoms with van der Waals surface area (Å²) in [6.07, 6.45) is 8.71. The smallest absolute Gasteiger partial charge is 0.0704 e. The highest BCUT2D eigenvalue weighted by atomic mass is 14.7. The zero-order valence-electron chi connectivity index (χ0n) is 10.7. The Balaban J connectivity index is 1.99. The predicted molar refractivity (Wildman–Crippen MR) is 75.5 cm³/mol. The first kappa shape index (κ1) is 11.5. The standard InChI is InChI=1S/C17H19N/c1-2-8-14(9-3-1)15-10-4-5-11-16(15)17-12-6-7-13-18-17/h4-7,10-14H,1-3,8-9H2. The highest BCUT2D eigenvalue weighted by molar-refractivity contribution is 5.64. The minimum atomic E-state index is 0.733. The van der Waals surface area contributed by atoms with Crippen molar-refractivity contribution < 1.29 is 0 Å². The molecular weight excluding hydrogens is 218 g/mol. The molecule has 1 aliphatic carbocycles. The minimum absolute atomic E-state index is 0.733. The Morgan fingerprint density at radius 3 is 2.39 bits per heavy atom. The lowest BCUT2D eigenvalue weighted by Crippen LogP contribution is -2.06. The van der Waals surface area contributed by atoms with Crippen LogP contribution in [0.5, 0.6) is 0 Å². The molecule has 1 aliphatic rings. The van der Waals surface area contributed by atoms with Gasteiger partial charge in [0.1, 0.15) is 0 Å². The summed E-state index contributed by atoms with van der Waals surface area (Å²) in [6, 6.07) is 15.0. The van der Waals surface area contributed by atoms with Crippen molar-refractivity contribution in [3.63, 3.8) is 0 Å². The highest BCUT2D eigenvalue weighted by Gasteiger charge is 2.18. The molecular formula is C17H19N. The van der Waals surface area contributed by atoms with E-state index in [1.54, 1.807) is 0 Å². The van der Waals surface area contributed by atoms with Crippen LogP contribution in [0.15, 0.2) is 48.7 Å². The topological polar surface area (TPSA) is 12.9 Å². The van der Waals surface area contributed by atoms with Crippen LogP contribution in [0.4, 0.5) is 0 Å². The Hall–Kier alpha value is -1.63. The summed E-state index contributed by atoms with van der Waals surface area (Å²) < 4.78 is 0. The second-order valence-electron chi connectivity index (χ2n) is 5.14. The fraction of sp³-hybridized carbons (Fsp3) is 0.353. The summed E-state index contributed by atoms with van der Waals surface area (Å²) in [5.41, 5.74) is 3.93. The van der Waals surface area contributed by atoms with E-state index in [0.29, 0.717) is 0 Å². The summed E-state index contributed by atoms with van der Waals surface area (Å²) >= 11 is 0. The van der Waals surface area contributed by atoms with Crippen LogP contribution in [-0.4, -0.2) is 4.98 Å². The molecule has 0 atom stereocenters. The molecule has 18 heavy (non-hydrogen) atoms. The van der Waals surface area contributed by atoms with Gasteiger partial charge in [-0.25, -0.2) is 0 Å². The molecule has 0 N–H and O–H groups in total. The van der Waals surface area contributed by atoms with Crippen LogP contribution < -0.4 is 0 Å². The number of aromatic nitrogens is 1. The molecule has 3 rings (SSSR count). The van der Waals surface area contributed by atoms with Crippen molar-refractivity contribution in [2.45, 2.75) is 38.0 Å². The molecule has 0 amide bonds. The summed E-state index contributed by atoms with van der Waals surface area (Å²) in [5, 5.41) is 0. The van der Waals surface area contributed by atoms with Crippen LogP contribution in [0, 0.1) is 0 Å². The first-order chi connectivity index (χ1) is 8.95. The normalized spacial score (nSPS) is 16.7. The first-order valence-electron chi connectivity index (χ1n) is 6.95. The Morgan fingerprint density at radius 1 is 0.833 bits per heavy atom. The third kappa shape index (κ3) is 2.31. The van der Waals surface area contributed by atoms with E-state index in [1.807, 2.05) is 12.3 Å². The van der Waals surface area contributed by atoms with Gasteiger partial charge in [0.15, 0.2) is 0 Å². The van der Waals surface area contributed by atoms with Crippen LogP contribution in [-0.2, 0) is 0 Å². The van der Waals surface area contributed by atoms with Crippen LogP contribution in [0.25, 0.3) is 11.3 Å². The minimum Gasteiger partial charge on any atom is -0.256 e. The second kappa shape index (κ2) is 5.34. The fourth-order valence-corrected chi connectivity index (χ4v) is 3.02. The molecule has 1 saturated carbocycles. The van der Waals surface area contributed by atoms with Crippen LogP contribution in [0.2, 0.25) is 0 Å². The molecule has 92 valence electrons. The van der Waals surface area contributed by atoms with E-state index in [-0.39, 0.29) is 0 Å². The van der Waals surface area contributed by atoms with Crippen molar-refractivity contribution in [3.05, 3.63) is 54.2 Å². The van der Waals surface area contributed by atoms with E-state index in [0.717, 1.165) is 11.6 Å². The van der Waals surface area contributed by atoms with E-state index in [1.165, 1.54) is 43.2 Å². The zero-order valence-corrected chi connectivity index (χ0v) is 10.7. The molecule has 0 spiro atoms. The number of nitrogens with zero attached hydrogens (tertiary/aromatic N) is 1. The van der Waals surface area contributed by atoms with Crippen LogP contribution in [0.3, 0.4) is 0 Å². The lowest BCUT2D eigenvalue weighted by atomic mass is 9.81. The number of rotatable bonds is 2. The van der Waals surface area contributed by atoms with Crippen molar-refractivity contribution >= 4 is 0 Å².